The minimum atomic E-state index is -0.113. The molecule has 5 nitrogen and oxygen atoms in total. The van der Waals surface area contributed by atoms with Gasteiger partial charge < -0.3 is 15.4 Å². The van der Waals surface area contributed by atoms with Crippen LogP contribution in [0.1, 0.15) is 24.5 Å². The van der Waals surface area contributed by atoms with Gasteiger partial charge in [-0.1, -0.05) is 24.3 Å². The third-order valence-corrected chi connectivity index (χ3v) is 5.34. The largest absolute Gasteiger partial charge is 0.376 e. The second-order valence-corrected chi connectivity index (χ2v) is 7.10. The van der Waals surface area contributed by atoms with E-state index in [2.05, 4.69) is 46.7 Å². The van der Waals surface area contributed by atoms with Gasteiger partial charge in [0.05, 0.1) is 18.8 Å². The summed E-state index contributed by atoms with van der Waals surface area (Å²) in [5, 5.41) is 6.62. The number of nitrogens with zero attached hydrogens (tertiary/aromatic N) is 1. The lowest BCUT2D eigenvalue weighted by Gasteiger charge is -2.33. The van der Waals surface area contributed by atoms with Gasteiger partial charge in [-0.2, -0.15) is 0 Å². The summed E-state index contributed by atoms with van der Waals surface area (Å²) in [5.74, 6) is 0.137. The highest BCUT2D eigenvalue weighted by Gasteiger charge is 2.37. The lowest BCUT2D eigenvalue weighted by Crippen LogP contribution is -2.51. The molecule has 0 bridgehead atoms. The molecule has 0 aromatic heterocycles. The molecule has 7 heteroatoms. The summed E-state index contributed by atoms with van der Waals surface area (Å²) in [6.45, 7) is 5.62. The fourth-order valence-corrected chi connectivity index (χ4v) is 4.09. The Bertz CT molecular complexity index is 601. The van der Waals surface area contributed by atoms with E-state index < -0.39 is 0 Å². The van der Waals surface area contributed by atoms with Gasteiger partial charge in [-0.3, -0.25) is 9.69 Å². The molecule has 0 aliphatic carbocycles. The summed E-state index contributed by atoms with van der Waals surface area (Å²) in [4.78, 5) is 15.1. The van der Waals surface area contributed by atoms with Crippen LogP contribution in [0.5, 0.6) is 0 Å². The number of benzene rings is 1. The highest BCUT2D eigenvalue weighted by molar-refractivity contribution is 5.85. The van der Waals surface area contributed by atoms with Crippen LogP contribution in [0.3, 0.4) is 0 Å². The van der Waals surface area contributed by atoms with Gasteiger partial charge in [-0.15, -0.1) is 24.8 Å². The molecule has 0 unspecified atom stereocenters. The minimum Gasteiger partial charge on any atom is -0.376 e. The van der Waals surface area contributed by atoms with Crippen molar-refractivity contribution in [3.63, 3.8) is 0 Å². The van der Waals surface area contributed by atoms with Crippen molar-refractivity contribution in [1.29, 1.82) is 0 Å². The predicted octanol–water partition coefficient (Wildman–Crippen LogP) is 1.52. The summed E-state index contributed by atoms with van der Waals surface area (Å²) >= 11 is 0. The Hall–Kier alpha value is -0.850. The van der Waals surface area contributed by atoms with Crippen molar-refractivity contribution < 1.29 is 9.53 Å². The molecule has 140 valence electrons. The fraction of sp³-hybridized carbons (Fsp3) is 0.611. The van der Waals surface area contributed by atoms with Crippen LogP contribution < -0.4 is 10.6 Å². The summed E-state index contributed by atoms with van der Waals surface area (Å²) in [7, 11) is 0. The molecule has 3 aliphatic rings. The number of morpholine rings is 1. The maximum Gasteiger partial charge on any atom is 0.237 e. The Balaban J connectivity index is 0.00000113. The normalized spacial score (nSPS) is 31.1. The van der Waals surface area contributed by atoms with E-state index in [0.29, 0.717) is 12.1 Å². The number of halogens is 2. The summed E-state index contributed by atoms with van der Waals surface area (Å²) in [6.07, 6.45) is 2.08. The molecule has 4 atom stereocenters. The average Bonchev–Trinajstić information content (AvgIpc) is 2.95. The zero-order valence-electron chi connectivity index (χ0n) is 14.4. The van der Waals surface area contributed by atoms with Crippen molar-refractivity contribution in [3.05, 3.63) is 35.4 Å². The van der Waals surface area contributed by atoms with Crippen molar-refractivity contribution in [1.82, 2.24) is 15.5 Å². The quantitative estimate of drug-likeness (QED) is 0.807. The summed E-state index contributed by atoms with van der Waals surface area (Å²) < 4.78 is 5.73. The Labute approximate surface area is 161 Å². The first-order valence-electron chi connectivity index (χ1n) is 8.65. The van der Waals surface area contributed by atoms with Crippen molar-refractivity contribution in [3.8, 4) is 0 Å². The molecule has 2 N–H and O–H groups in total. The van der Waals surface area contributed by atoms with Crippen LogP contribution in [-0.4, -0.2) is 54.7 Å². The second kappa shape index (κ2) is 8.69. The Morgan fingerprint density at radius 3 is 2.80 bits per heavy atom. The Morgan fingerprint density at radius 2 is 2.00 bits per heavy atom. The molecule has 0 saturated carbocycles. The van der Waals surface area contributed by atoms with Gasteiger partial charge in [0.2, 0.25) is 5.91 Å². The number of rotatable bonds is 2. The highest BCUT2D eigenvalue weighted by Crippen LogP contribution is 2.23. The predicted molar refractivity (Wildman–Crippen MR) is 103 cm³/mol. The van der Waals surface area contributed by atoms with Gasteiger partial charge in [-0.25, -0.2) is 0 Å². The van der Waals surface area contributed by atoms with Gasteiger partial charge in [0, 0.05) is 31.7 Å². The second-order valence-electron chi connectivity index (χ2n) is 7.10. The third-order valence-electron chi connectivity index (χ3n) is 5.34. The van der Waals surface area contributed by atoms with E-state index in [1.54, 1.807) is 0 Å². The smallest absolute Gasteiger partial charge is 0.237 e. The zero-order valence-corrected chi connectivity index (χ0v) is 16.1. The van der Waals surface area contributed by atoms with Crippen LogP contribution in [0.25, 0.3) is 0 Å². The van der Waals surface area contributed by atoms with Crippen molar-refractivity contribution in [2.45, 2.75) is 50.5 Å². The van der Waals surface area contributed by atoms with Gasteiger partial charge in [0.15, 0.2) is 0 Å². The molecule has 0 radical (unpaired) electrons. The average molecular weight is 388 g/mol. The number of nitrogens with one attached hydrogen (secondary N) is 2. The molecule has 2 fully saturated rings. The van der Waals surface area contributed by atoms with E-state index in [-0.39, 0.29) is 42.8 Å². The Morgan fingerprint density at radius 1 is 1.24 bits per heavy atom. The monoisotopic (exact) mass is 387 g/mol. The van der Waals surface area contributed by atoms with Crippen molar-refractivity contribution >= 4 is 30.7 Å². The van der Waals surface area contributed by atoms with E-state index in [9.17, 15) is 4.79 Å². The van der Waals surface area contributed by atoms with E-state index in [0.717, 1.165) is 39.1 Å². The number of carbonyl (C=O) groups excluding carboxylic acids is 1. The van der Waals surface area contributed by atoms with Crippen LogP contribution >= 0.6 is 24.8 Å². The molecule has 0 spiro atoms. The first-order valence-corrected chi connectivity index (χ1v) is 8.65. The van der Waals surface area contributed by atoms with Crippen LogP contribution in [0, 0.1) is 0 Å². The van der Waals surface area contributed by atoms with Crippen LogP contribution in [0.4, 0.5) is 0 Å². The van der Waals surface area contributed by atoms with E-state index in [4.69, 9.17) is 4.74 Å². The molecule has 1 aromatic carbocycles. The van der Waals surface area contributed by atoms with Gasteiger partial charge in [-0.05, 0) is 30.9 Å². The third kappa shape index (κ3) is 4.47. The molecule has 25 heavy (non-hydrogen) atoms. The summed E-state index contributed by atoms with van der Waals surface area (Å²) in [6, 6.07) is 8.97. The first-order chi connectivity index (χ1) is 11.2. The first kappa shape index (κ1) is 20.5. The van der Waals surface area contributed by atoms with Gasteiger partial charge >= 0.3 is 0 Å². The van der Waals surface area contributed by atoms with Crippen LogP contribution in [-0.2, 0) is 22.5 Å². The number of hydrogen-bond donors (Lipinski definition) is 2. The molecule has 3 aliphatic heterocycles. The maximum absolute atomic E-state index is 12.6. The summed E-state index contributed by atoms with van der Waals surface area (Å²) in [5.41, 5.74) is 2.60. The maximum atomic E-state index is 12.6. The number of amides is 1. The molecule has 2 saturated heterocycles. The lowest BCUT2D eigenvalue weighted by molar-refractivity contribution is -0.124. The fourth-order valence-electron chi connectivity index (χ4n) is 4.09. The van der Waals surface area contributed by atoms with Gasteiger partial charge in [0.25, 0.3) is 0 Å². The SMILES string of the molecule is C[C@H]1CN2C[C@H](NC(=O)[C@H]3Cc4ccccc4CN3)C[C@H]2CO1.Cl.Cl. The lowest BCUT2D eigenvalue weighted by atomic mass is 9.95. The zero-order chi connectivity index (χ0) is 15.8. The van der Waals surface area contributed by atoms with Crippen LogP contribution in [0.2, 0.25) is 0 Å². The van der Waals surface area contributed by atoms with Crippen molar-refractivity contribution in [2.24, 2.45) is 0 Å². The minimum absolute atomic E-state index is 0. The van der Waals surface area contributed by atoms with Gasteiger partial charge in [0.1, 0.15) is 0 Å². The highest BCUT2D eigenvalue weighted by atomic mass is 35.5. The molecule has 4 rings (SSSR count). The van der Waals surface area contributed by atoms with Crippen molar-refractivity contribution in [2.75, 3.05) is 19.7 Å². The molecular formula is C18H27Cl2N3O2. The number of hydrogen-bond acceptors (Lipinski definition) is 4. The van der Waals surface area contributed by atoms with E-state index >= 15 is 0 Å². The molecule has 1 amide bonds. The number of carbonyl (C=O) groups is 1. The molecule has 3 heterocycles. The number of ether oxygens (including phenoxy) is 1. The van der Waals surface area contributed by atoms with E-state index in [1.807, 2.05) is 0 Å². The van der Waals surface area contributed by atoms with E-state index in [1.165, 1.54) is 11.1 Å². The van der Waals surface area contributed by atoms with Crippen LogP contribution in [0.15, 0.2) is 24.3 Å². The number of fused-ring (bicyclic) bond motifs is 2. The molecular weight excluding hydrogens is 361 g/mol. The Kier molecular flexibility index (Phi) is 7.11. The topological polar surface area (TPSA) is 53.6 Å². The molecule has 1 aromatic rings. The standard InChI is InChI=1S/C18H25N3O2.2ClH/c1-12-9-21-10-15(7-16(21)11-23-12)20-18(22)17-6-13-4-2-3-5-14(13)8-19-17;;/h2-5,12,15-17,19H,6-11H2,1H3,(H,20,22);2*1H/t12-,15+,16-,17+;;/m0../s1.